The third kappa shape index (κ3) is 4.55. The first-order chi connectivity index (χ1) is 13.5. The topological polar surface area (TPSA) is 159 Å². The molecule has 1 aliphatic heterocycles. The summed E-state index contributed by atoms with van der Waals surface area (Å²) in [7, 11) is -6.43. The largest absolute Gasteiger partial charge is 0.506 e. The van der Waals surface area contributed by atoms with Crippen LogP contribution in [0.1, 0.15) is 16.7 Å². The lowest BCUT2D eigenvalue weighted by Gasteiger charge is -2.17. The van der Waals surface area contributed by atoms with Crippen molar-refractivity contribution in [2.24, 2.45) is 5.14 Å². The second-order valence-electron chi connectivity index (χ2n) is 6.32. The maximum Gasteiger partial charge on any atom is 0.330 e. The van der Waals surface area contributed by atoms with E-state index in [1.807, 2.05) is 4.72 Å². The highest BCUT2D eigenvalue weighted by Gasteiger charge is 2.30. The van der Waals surface area contributed by atoms with Crippen molar-refractivity contribution < 1.29 is 31.8 Å². The van der Waals surface area contributed by atoms with Crippen LogP contribution in [0.4, 0.5) is 5.69 Å². The lowest BCUT2D eigenvalue weighted by atomic mass is 9.99. The Morgan fingerprint density at radius 2 is 1.93 bits per heavy atom. The minimum atomic E-state index is -4.04. The summed E-state index contributed by atoms with van der Waals surface area (Å²) in [6.45, 7) is 0. The van der Waals surface area contributed by atoms with Gasteiger partial charge in [-0.15, -0.1) is 0 Å². The van der Waals surface area contributed by atoms with Crippen molar-refractivity contribution in [3.63, 3.8) is 0 Å². The van der Waals surface area contributed by atoms with Crippen molar-refractivity contribution in [1.29, 1.82) is 0 Å². The Bertz CT molecular complexity index is 1190. The molecule has 3 rings (SSSR count). The number of methoxy groups -OCH3 is 1. The molecule has 0 saturated carbocycles. The molecule has 0 unspecified atom stereocenters. The van der Waals surface area contributed by atoms with Crippen molar-refractivity contribution in [1.82, 2.24) is 4.72 Å². The lowest BCUT2D eigenvalue weighted by molar-refractivity contribution is 0.392. The summed E-state index contributed by atoms with van der Waals surface area (Å²) in [6, 6.07) is 9.34. The highest BCUT2D eigenvalue weighted by atomic mass is 32.2. The molecule has 0 fully saturated rings. The first-order valence-electron chi connectivity index (χ1n) is 8.20. The van der Waals surface area contributed by atoms with Crippen molar-refractivity contribution in [2.45, 2.75) is 12.2 Å². The molecule has 0 aromatic heterocycles. The zero-order chi connectivity index (χ0) is 21.4. The summed E-state index contributed by atoms with van der Waals surface area (Å²) in [5.41, 5.74) is 1.56. The molecule has 0 amide bonds. The van der Waals surface area contributed by atoms with Crippen molar-refractivity contribution >= 4 is 25.9 Å². The summed E-state index contributed by atoms with van der Waals surface area (Å²) in [4.78, 5) is 0. The molecule has 10 nitrogen and oxygen atoms in total. The number of nitrogens with zero attached hydrogens (tertiary/aromatic N) is 1. The number of primary sulfonamides is 1. The zero-order valence-corrected chi connectivity index (χ0v) is 16.9. The van der Waals surface area contributed by atoms with Gasteiger partial charge in [0.2, 0.25) is 15.9 Å². The number of aliphatic hydroxyl groups is 1. The second-order valence-corrected chi connectivity index (χ2v) is 9.48. The third-order valence-electron chi connectivity index (χ3n) is 4.20. The molecule has 1 heterocycles. The molecule has 0 aliphatic carbocycles. The molecule has 0 atom stereocenters. The number of phenolic OH excluding ortho intramolecular Hbond substituents is 1. The van der Waals surface area contributed by atoms with Gasteiger partial charge in [0.15, 0.2) is 0 Å². The fourth-order valence-electron chi connectivity index (χ4n) is 3.01. The van der Waals surface area contributed by atoms with Gasteiger partial charge in [0, 0.05) is 5.56 Å². The number of sulfonamides is 1. The molecule has 29 heavy (non-hydrogen) atoms. The predicted molar refractivity (Wildman–Crippen MR) is 106 cm³/mol. The number of aliphatic hydroxyl groups excluding tert-OH is 1. The Kier molecular flexibility index (Phi) is 5.34. The average molecular weight is 441 g/mol. The van der Waals surface area contributed by atoms with E-state index < -0.39 is 31.9 Å². The standard InChI is InChI=1S/C17H19N3O7S2/c1-27-16-4-2-3-12(13(16)10-28(18,23)24)7-11-5-6-14(15(21)8-11)20-9-17(22)19-29(20,25)26/h2-6,8-9,19,21-22H,7,10H2,1H3,(H2,18,23,24). The molecule has 0 spiro atoms. The van der Waals surface area contributed by atoms with E-state index in [0.29, 0.717) is 26.7 Å². The molecule has 2 aromatic carbocycles. The van der Waals surface area contributed by atoms with Crippen molar-refractivity contribution in [2.75, 3.05) is 11.4 Å². The van der Waals surface area contributed by atoms with Gasteiger partial charge < -0.3 is 14.9 Å². The van der Waals surface area contributed by atoms with Gasteiger partial charge in [-0.1, -0.05) is 18.2 Å². The minimum absolute atomic E-state index is 0.0549. The number of rotatable bonds is 6. The maximum absolute atomic E-state index is 12.0. The maximum atomic E-state index is 12.0. The smallest absolute Gasteiger partial charge is 0.330 e. The van der Waals surface area contributed by atoms with Crippen LogP contribution >= 0.6 is 0 Å². The predicted octanol–water partition coefficient (Wildman–Crippen LogP) is 0.791. The molecule has 0 radical (unpaired) electrons. The number of ether oxygens (including phenoxy) is 1. The average Bonchev–Trinajstić information content (AvgIpc) is 2.87. The van der Waals surface area contributed by atoms with E-state index in [2.05, 4.69) is 0 Å². The van der Waals surface area contributed by atoms with Crippen molar-refractivity contribution in [3.05, 3.63) is 65.2 Å². The Morgan fingerprint density at radius 3 is 2.48 bits per heavy atom. The van der Waals surface area contributed by atoms with Gasteiger partial charge in [-0.2, -0.15) is 8.42 Å². The van der Waals surface area contributed by atoms with Gasteiger partial charge in [-0.25, -0.2) is 22.6 Å². The number of nitrogens with one attached hydrogen (secondary N) is 1. The van der Waals surface area contributed by atoms with Crippen LogP contribution in [0.5, 0.6) is 11.5 Å². The number of hydrogen-bond donors (Lipinski definition) is 4. The molecule has 1 aliphatic rings. The Labute approximate surface area is 168 Å². The van der Waals surface area contributed by atoms with E-state index >= 15 is 0 Å². The van der Waals surface area contributed by atoms with Crippen LogP contribution in [0.25, 0.3) is 0 Å². The monoisotopic (exact) mass is 441 g/mol. The van der Waals surface area contributed by atoms with E-state index in [-0.39, 0.29) is 17.9 Å². The van der Waals surface area contributed by atoms with Crippen LogP contribution in [0.15, 0.2) is 48.5 Å². The van der Waals surface area contributed by atoms with Crippen LogP contribution in [0, 0.1) is 0 Å². The van der Waals surface area contributed by atoms with Crippen LogP contribution in [0.3, 0.4) is 0 Å². The minimum Gasteiger partial charge on any atom is -0.506 e. The van der Waals surface area contributed by atoms with Crippen molar-refractivity contribution in [3.8, 4) is 11.5 Å². The lowest BCUT2D eigenvalue weighted by Crippen LogP contribution is -2.29. The normalized spacial score (nSPS) is 15.7. The summed E-state index contributed by atoms with van der Waals surface area (Å²) in [5.74, 6) is -0.961. The van der Waals surface area contributed by atoms with Gasteiger partial charge in [0.05, 0.1) is 19.1 Å². The Balaban J connectivity index is 1.96. The van der Waals surface area contributed by atoms with Crippen LogP contribution < -0.4 is 18.9 Å². The van der Waals surface area contributed by atoms with Crippen LogP contribution in [0.2, 0.25) is 0 Å². The molecule has 156 valence electrons. The van der Waals surface area contributed by atoms with Crippen LogP contribution in [-0.4, -0.2) is 34.2 Å². The molecular formula is C17H19N3O7S2. The highest BCUT2D eigenvalue weighted by Crippen LogP contribution is 2.34. The van der Waals surface area contributed by atoms with Gasteiger partial charge in [-0.3, -0.25) is 0 Å². The molecule has 0 bridgehead atoms. The summed E-state index contributed by atoms with van der Waals surface area (Å²) >= 11 is 0. The number of aromatic hydroxyl groups is 1. The Morgan fingerprint density at radius 1 is 1.21 bits per heavy atom. The number of nitrogens with two attached hydrogens (primary N) is 1. The van der Waals surface area contributed by atoms with E-state index in [9.17, 15) is 27.0 Å². The van der Waals surface area contributed by atoms with E-state index in [0.717, 1.165) is 6.20 Å². The summed E-state index contributed by atoms with van der Waals surface area (Å²) in [6.07, 6.45) is 1.16. The number of benzene rings is 2. The van der Waals surface area contributed by atoms with E-state index in [1.54, 1.807) is 24.3 Å². The highest BCUT2D eigenvalue weighted by molar-refractivity contribution is 7.91. The number of phenols is 1. The van der Waals surface area contributed by atoms with Gasteiger partial charge in [0.1, 0.15) is 17.2 Å². The second kappa shape index (κ2) is 7.46. The fourth-order valence-corrected chi connectivity index (χ4v) is 4.80. The van der Waals surface area contributed by atoms with Gasteiger partial charge in [0.25, 0.3) is 0 Å². The molecule has 2 aromatic rings. The third-order valence-corrected chi connectivity index (χ3v) is 6.18. The first-order valence-corrected chi connectivity index (χ1v) is 11.4. The fraction of sp³-hybridized carbons (Fsp3) is 0.176. The van der Waals surface area contributed by atoms with E-state index in [4.69, 9.17) is 9.88 Å². The molecule has 0 saturated heterocycles. The SMILES string of the molecule is COc1cccc(Cc2ccc(N3C=C(O)NS3(=O)=O)c(O)c2)c1CS(N)(=O)=O. The van der Waals surface area contributed by atoms with E-state index in [1.165, 1.54) is 19.2 Å². The number of anilines is 1. The molecular weight excluding hydrogens is 422 g/mol. The zero-order valence-electron chi connectivity index (χ0n) is 15.2. The first kappa shape index (κ1) is 20.8. The number of hydrogen-bond acceptors (Lipinski definition) is 7. The summed E-state index contributed by atoms with van der Waals surface area (Å²) < 4.78 is 54.9. The molecule has 12 heteroatoms. The van der Waals surface area contributed by atoms with Gasteiger partial charge >= 0.3 is 10.2 Å². The van der Waals surface area contributed by atoms with Gasteiger partial charge in [-0.05, 0) is 35.7 Å². The molecule has 5 N–H and O–H groups in total. The quantitative estimate of drug-likeness (QED) is 0.516. The summed E-state index contributed by atoms with van der Waals surface area (Å²) in [5, 5.41) is 24.9. The Hall–Kier alpha value is -2.96. The van der Waals surface area contributed by atoms with Crippen LogP contribution in [-0.2, 0) is 32.4 Å².